The topological polar surface area (TPSA) is 49.6 Å². The third kappa shape index (κ3) is 3.60. The van der Waals surface area contributed by atoms with Crippen LogP contribution in [0.4, 0.5) is 24.5 Å². The van der Waals surface area contributed by atoms with Crippen LogP contribution >= 0.6 is 15.9 Å². The minimum absolute atomic E-state index is 0.0114. The molecule has 0 spiro atoms. The van der Waals surface area contributed by atoms with Crippen LogP contribution in [0, 0.1) is 10.1 Å². The van der Waals surface area contributed by atoms with E-state index < -0.39 is 16.7 Å². The van der Waals surface area contributed by atoms with Gasteiger partial charge in [0.25, 0.3) is 5.69 Å². The highest BCUT2D eigenvalue weighted by atomic mass is 79.9. The molecule has 2 atom stereocenters. The Morgan fingerprint density at radius 1 is 1.26 bits per heavy atom. The number of nitrogens with zero attached hydrogens (tertiary/aromatic N) is 3. The van der Waals surface area contributed by atoms with Gasteiger partial charge in [0.05, 0.1) is 10.5 Å². The highest BCUT2D eigenvalue weighted by Crippen LogP contribution is 2.42. The van der Waals surface area contributed by atoms with Crippen molar-refractivity contribution in [3.8, 4) is 0 Å². The first-order chi connectivity index (χ1) is 10.5. The average Bonchev–Trinajstić information content (AvgIpc) is 2.42. The molecule has 0 radical (unpaired) electrons. The summed E-state index contributed by atoms with van der Waals surface area (Å²) >= 11 is 2.79. The van der Waals surface area contributed by atoms with Crippen LogP contribution in [-0.4, -0.2) is 42.0 Å². The SMILES string of the molecule is CC1CN(c2cc(C(F)(F)F)c(Br)cc2[N+](=O)[O-])CC(C)N1C. The first-order valence-electron chi connectivity index (χ1n) is 7.04. The lowest BCUT2D eigenvalue weighted by molar-refractivity contribution is -0.384. The van der Waals surface area contributed by atoms with Gasteiger partial charge in [-0.25, -0.2) is 0 Å². The Morgan fingerprint density at radius 3 is 2.22 bits per heavy atom. The molecule has 0 aliphatic carbocycles. The number of nitro groups is 1. The van der Waals surface area contributed by atoms with Gasteiger partial charge >= 0.3 is 6.18 Å². The molecule has 1 saturated heterocycles. The fourth-order valence-corrected chi connectivity index (χ4v) is 3.33. The second-order valence-electron chi connectivity index (χ2n) is 5.84. The molecule has 0 bridgehead atoms. The molecule has 5 nitrogen and oxygen atoms in total. The first kappa shape index (κ1) is 18.0. The normalized spacial score (nSPS) is 23.2. The first-order valence-corrected chi connectivity index (χ1v) is 7.83. The van der Waals surface area contributed by atoms with Gasteiger partial charge in [0.1, 0.15) is 5.69 Å². The summed E-state index contributed by atoms with van der Waals surface area (Å²) in [5.74, 6) is 0. The lowest BCUT2D eigenvalue weighted by Gasteiger charge is -2.43. The summed E-state index contributed by atoms with van der Waals surface area (Å²) in [7, 11) is 1.93. The van der Waals surface area contributed by atoms with Crippen LogP contribution in [0.3, 0.4) is 0 Å². The van der Waals surface area contributed by atoms with Crippen molar-refractivity contribution in [2.45, 2.75) is 32.1 Å². The zero-order valence-electron chi connectivity index (χ0n) is 12.9. The molecule has 1 aromatic rings. The van der Waals surface area contributed by atoms with Gasteiger partial charge in [-0.3, -0.25) is 15.0 Å². The summed E-state index contributed by atoms with van der Waals surface area (Å²) in [6.07, 6.45) is -4.58. The van der Waals surface area contributed by atoms with Gasteiger partial charge in [0.15, 0.2) is 0 Å². The van der Waals surface area contributed by atoms with E-state index in [-0.39, 0.29) is 27.9 Å². The van der Waals surface area contributed by atoms with Crippen LogP contribution in [0.5, 0.6) is 0 Å². The minimum atomic E-state index is -4.58. The molecule has 0 N–H and O–H groups in total. The fraction of sp³-hybridized carbons (Fsp3) is 0.571. The predicted molar refractivity (Wildman–Crippen MR) is 84.7 cm³/mol. The number of likely N-dealkylation sites (N-methyl/N-ethyl adjacent to an activating group) is 1. The van der Waals surface area contributed by atoms with Gasteiger partial charge < -0.3 is 4.90 Å². The molecule has 0 aromatic heterocycles. The number of hydrogen-bond acceptors (Lipinski definition) is 4. The molecule has 2 unspecified atom stereocenters. The standard InChI is InChI=1S/C14H17BrF3N3O2/c1-8-6-20(7-9(2)19(8)3)12-4-10(14(16,17)18)11(15)5-13(12)21(22)23/h4-5,8-9H,6-7H2,1-3H3. The van der Waals surface area contributed by atoms with Crippen molar-refractivity contribution in [1.82, 2.24) is 4.90 Å². The second-order valence-corrected chi connectivity index (χ2v) is 6.70. The van der Waals surface area contributed by atoms with Crippen LogP contribution in [0.1, 0.15) is 19.4 Å². The third-order valence-corrected chi connectivity index (χ3v) is 4.92. The molecule has 1 fully saturated rings. The molecule has 23 heavy (non-hydrogen) atoms. The quantitative estimate of drug-likeness (QED) is 0.562. The van der Waals surface area contributed by atoms with E-state index in [9.17, 15) is 23.3 Å². The third-order valence-electron chi connectivity index (χ3n) is 4.27. The highest BCUT2D eigenvalue weighted by molar-refractivity contribution is 9.10. The van der Waals surface area contributed by atoms with E-state index in [0.717, 1.165) is 12.1 Å². The second kappa shape index (κ2) is 6.27. The van der Waals surface area contributed by atoms with Crippen LogP contribution < -0.4 is 4.90 Å². The van der Waals surface area contributed by atoms with Crippen molar-refractivity contribution in [3.63, 3.8) is 0 Å². The van der Waals surface area contributed by atoms with E-state index in [1.165, 1.54) is 0 Å². The van der Waals surface area contributed by atoms with Crippen molar-refractivity contribution in [3.05, 3.63) is 32.3 Å². The van der Waals surface area contributed by atoms with Crippen LogP contribution in [0.25, 0.3) is 0 Å². The molecule has 1 aromatic carbocycles. The smallest absolute Gasteiger partial charge is 0.363 e. The molecule has 0 saturated carbocycles. The fourth-order valence-electron chi connectivity index (χ4n) is 2.77. The summed E-state index contributed by atoms with van der Waals surface area (Å²) in [6, 6.07) is 1.96. The average molecular weight is 396 g/mol. The maximum atomic E-state index is 13.1. The number of alkyl halides is 3. The number of piperazine rings is 1. The summed E-state index contributed by atoms with van der Waals surface area (Å²) in [5, 5.41) is 11.3. The molecule has 2 rings (SSSR count). The monoisotopic (exact) mass is 395 g/mol. The number of rotatable bonds is 2. The Hall–Kier alpha value is -1.35. The highest BCUT2D eigenvalue weighted by Gasteiger charge is 2.37. The van der Waals surface area contributed by atoms with Crippen molar-refractivity contribution >= 4 is 27.3 Å². The van der Waals surface area contributed by atoms with E-state index >= 15 is 0 Å². The number of anilines is 1. The summed E-state index contributed by atoms with van der Waals surface area (Å²) < 4.78 is 39.0. The Kier molecular flexibility index (Phi) is 4.91. The van der Waals surface area contributed by atoms with E-state index in [4.69, 9.17) is 0 Å². The summed E-state index contributed by atoms with van der Waals surface area (Å²) in [6.45, 7) is 4.75. The van der Waals surface area contributed by atoms with E-state index in [2.05, 4.69) is 20.8 Å². The molecule has 0 amide bonds. The van der Waals surface area contributed by atoms with Crippen molar-refractivity contribution in [2.24, 2.45) is 0 Å². The van der Waals surface area contributed by atoms with E-state index in [1.807, 2.05) is 20.9 Å². The van der Waals surface area contributed by atoms with Gasteiger partial charge in [-0.15, -0.1) is 0 Å². The lowest BCUT2D eigenvalue weighted by atomic mass is 10.1. The van der Waals surface area contributed by atoms with Crippen molar-refractivity contribution < 1.29 is 18.1 Å². The van der Waals surface area contributed by atoms with Crippen LogP contribution in [-0.2, 0) is 6.18 Å². The Labute approximate surface area is 140 Å². The zero-order valence-corrected chi connectivity index (χ0v) is 14.5. The van der Waals surface area contributed by atoms with Crippen LogP contribution in [0.2, 0.25) is 0 Å². The number of nitro benzene ring substituents is 1. The molecule has 1 aliphatic rings. The van der Waals surface area contributed by atoms with Gasteiger partial charge in [-0.05, 0) is 42.9 Å². The summed E-state index contributed by atoms with van der Waals surface area (Å²) in [4.78, 5) is 14.4. The van der Waals surface area contributed by atoms with Crippen LogP contribution in [0.15, 0.2) is 16.6 Å². The Balaban J connectivity index is 2.53. The lowest BCUT2D eigenvalue weighted by Crippen LogP contribution is -2.55. The van der Waals surface area contributed by atoms with Gasteiger partial charge in [-0.1, -0.05) is 0 Å². The van der Waals surface area contributed by atoms with Crippen molar-refractivity contribution in [2.75, 3.05) is 25.0 Å². The maximum absolute atomic E-state index is 13.1. The number of halogens is 4. The Morgan fingerprint density at radius 2 is 1.78 bits per heavy atom. The number of hydrogen-bond donors (Lipinski definition) is 0. The maximum Gasteiger partial charge on any atom is 0.417 e. The summed E-state index contributed by atoms with van der Waals surface area (Å²) in [5.41, 5.74) is -1.22. The van der Waals surface area contributed by atoms with Gasteiger partial charge in [0.2, 0.25) is 0 Å². The van der Waals surface area contributed by atoms with Crippen molar-refractivity contribution in [1.29, 1.82) is 0 Å². The molecule has 128 valence electrons. The van der Waals surface area contributed by atoms with Gasteiger partial charge in [-0.2, -0.15) is 13.2 Å². The molecular formula is C14H17BrF3N3O2. The molecular weight excluding hydrogens is 379 g/mol. The number of benzene rings is 1. The largest absolute Gasteiger partial charge is 0.417 e. The van der Waals surface area contributed by atoms with E-state index in [0.29, 0.717) is 13.1 Å². The predicted octanol–water partition coefficient (Wildman–Crippen LogP) is 3.90. The van der Waals surface area contributed by atoms with Gasteiger partial charge in [0, 0.05) is 35.7 Å². The molecule has 1 heterocycles. The Bertz CT molecular complexity index is 612. The molecule has 1 aliphatic heterocycles. The van der Waals surface area contributed by atoms with E-state index in [1.54, 1.807) is 4.90 Å². The molecule has 9 heteroatoms. The minimum Gasteiger partial charge on any atom is -0.363 e. The zero-order chi connectivity index (χ0) is 17.5.